The molecule has 2 atom stereocenters. The number of carbonyl (C=O) groups excluding carboxylic acids is 2. The number of hydrogen-bond donors (Lipinski definition) is 1. The third-order valence-electron chi connectivity index (χ3n) is 8.40. The van der Waals surface area contributed by atoms with Crippen LogP contribution in [0.25, 0.3) is 26.3 Å². The number of fused-ring (bicyclic) bond motifs is 2. The third-order valence-corrected chi connectivity index (χ3v) is 11.9. The van der Waals surface area contributed by atoms with Crippen molar-refractivity contribution in [3.05, 3.63) is 129 Å². The molecule has 3 aromatic heterocycles. The molecule has 0 fully saturated rings. The molecule has 3 heterocycles. The van der Waals surface area contributed by atoms with Crippen molar-refractivity contribution in [3.8, 4) is 16.1 Å². The molecular weight excluding hydrogens is 659 g/mol. The summed E-state index contributed by atoms with van der Waals surface area (Å²) in [4.78, 5) is 49.6. The first kappa shape index (κ1) is 32.1. The number of aromatic nitrogens is 2. The topological polar surface area (TPSA) is 90.3 Å². The number of thiophene rings is 2. The number of thioether (sulfide) groups is 1. The summed E-state index contributed by atoms with van der Waals surface area (Å²) >= 11 is 4.13. The lowest BCUT2D eigenvalue weighted by Gasteiger charge is -2.19. The van der Waals surface area contributed by atoms with Crippen LogP contribution in [0.1, 0.15) is 51.9 Å². The van der Waals surface area contributed by atoms with Crippen LogP contribution in [0.3, 0.4) is 0 Å². The van der Waals surface area contributed by atoms with Crippen molar-refractivity contribution in [3.63, 3.8) is 0 Å². The number of anilines is 1. The fraction of sp³-hybridized carbons (Fsp3) is 0.211. The maximum Gasteiger partial charge on any atom is 0.341 e. The van der Waals surface area contributed by atoms with E-state index in [-0.39, 0.29) is 18.1 Å². The number of ether oxygens (including phenoxy) is 1. The molecule has 3 aromatic carbocycles. The van der Waals surface area contributed by atoms with Gasteiger partial charge in [0.15, 0.2) is 5.16 Å². The zero-order chi connectivity index (χ0) is 33.2. The number of hydrogen-bond acceptors (Lipinski definition) is 8. The molecule has 1 aliphatic rings. The van der Waals surface area contributed by atoms with Crippen LogP contribution in [0.4, 0.5) is 5.00 Å². The Bertz CT molecular complexity index is 2160. The van der Waals surface area contributed by atoms with Gasteiger partial charge in [0.25, 0.3) is 5.56 Å². The third kappa shape index (κ3) is 6.35. The molecule has 0 saturated heterocycles. The molecule has 0 spiro atoms. The molecule has 0 bridgehead atoms. The molecule has 6 aromatic rings. The minimum absolute atomic E-state index is 0.205. The summed E-state index contributed by atoms with van der Waals surface area (Å²) < 4.78 is 7.05. The highest BCUT2D eigenvalue weighted by Gasteiger charge is 2.32. The van der Waals surface area contributed by atoms with Crippen LogP contribution < -0.4 is 10.9 Å². The van der Waals surface area contributed by atoms with Gasteiger partial charge < -0.3 is 10.1 Å². The molecule has 0 radical (unpaired) electrons. The van der Waals surface area contributed by atoms with E-state index in [4.69, 9.17) is 9.72 Å². The maximum atomic E-state index is 14.4. The lowest BCUT2D eigenvalue weighted by Crippen LogP contribution is -2.24. The second kappa shape index (κ2) is 13.9. The largest absolute Gasteiger partial charge is 0.462 e. The fourth-order valence-corrected chi connectivity index (χ4v) is 9.63. The van der Waals surface area contributed by atoms with Gasteiger partial charge in [-0.2, -0.15) is 0 Å². The van der Waals surface area contributed by atoms with E-state index in [0.717, 1.165) is 45.7 Å². The number of para-hydroxylation sites is 1. The fourth-order valence-electron chi connectivity index (χ4n) is 6.03. The summed E-state index contributed by atoms with van der Waals surface area (Å²) in [5, 5.41) is 3.76. The molecule has 7 rings (SSSR count). The average molecular weight is 692 g/mol. The van der Waals surface area contributed by atoms with Gasteiger partial charge >= 0.3 is 5.97 Å². The van der Waals surface area contributed by atoms with Gasteiger partial charge in [-0.1, -0.05) is 97.5 Å². The first-order valence-electron chi connectivity index (χ1n) is 15.9. The van der Waals surface area contributed by atoms with Gasteiger partial charge in [-0.25, -0.2) is 9.78 Å². The normalized spacial score (nSPS) is 14.8. The summed E-state index contributed by atoms with van der Waals surface area (Å²) in [7, 11) is 0. The molecule has 0 saturated carbocycles. The highest BCUT2D eigenvalue weighted by molar-refractivity contribution is 8.00. The molecule has 48 heavy (non-hydrogen) atoms. The first-order valence-corrected chi connectivity index (χ1v) is 18.4. The number of nitrogens with zero attached hydrogens (tertiary/aromatic N) is 2. The van der Waals surface area contributed by atoms with Gasteiger partial charge in [0.05, 0.1) is 23.2 Å². The van der Waals surface area contributed by atoms with Gasteiger partial charge in [-0.05, 0) is 67.0 Å². The van der Waals surface area contributed by atoms with Crippen LogP contribution in [0.15, 0.2) is 107 Å². The van der Waals surface area contributed by atoms with E-state index in [1.807, 2.05) is 97.1 Å². The summed E-state index contributed by atoms with van der Waals surface area (Å²) in [6.45, 7) is 4.24. The van der Waals surface area contributed by atoms with Gasteiger partial charge in [0.1, 0.15) is 15.1 Å². The van der Waals surface area contributed by atoms with Crippen molar-refractivity contribution in [2.45, 2.75) is 43.5 Å². The summed E-state index contributed by atoms with van der Waals surface area (Å²) in [5.74, 6) is -0.230. The van der Waals surface area contributed by atoms with Crippen LogP contribution >= 0.6 is 34.4 Å². The Kier molecular flexibility index (Phi) is 9.30. The van der Waals surface area contributed by atoms with Crippen LogP contribution in [-0.4, -0.2) is 28.0 Å². The zero-order valence-electron chi connectivity index (χ0n) is 26.5. The lowest BCUT2D eigenvalue weighted by molar-refractivity contribution is -0.115. The first-order chi connectivity index (χ1) is 23.4. The minimum Gasteiger partial charge on any atom is -0.462 e. The monoisotopic (exact) mass is 691 g/mol. The Morgan fingerprint density at radius 3 is 2.40 bits per heavy atom. The van der Waals surface area contributed by atoms with Crippen LogP contribution in [0.5, 0.6) is 0 Å². The number of amides is 1. The van der Waals surface area contributed by atoms with E-state index in [1.165, 1.54) is 34.4 Å². The number of rotatable bonds is 9. The number of esters is 1. The Labute approximate surface area is 290 Å². The van der Waals surface area contributed by atoms with Crippen molar-refractivity contribution >= 4 is 61.5 Å². The minimum atomic E-state index is -0.785. The van der Waals surface area contributed by atoms with E-state index in [1.54, 1.807) is 11.5 Å². The highest BCUT2D eigenvalue weighted by Crippen LogP contribution is 2.43. The van der Waals surface area contributed by atoms with E-state index >= 15 is 0 Å². The van der Waals surface area contributed by atoms with E-state index in [0.29, 0.717) is 37.5 Å². The lowest BCUT2D eigenvalue weighted by atomic mass is 9.88. The van der Waals surface area contributed by atoms with E-state index in [2.05, 4.69) is 12.2 Å². The quantitative estimate of drug-likeness (QED) is 0.0925. The molecule has 0 aliphatic heterocycles. The molecule has 1 N–H and O–H groups in total. The van der Waals surface area contributed by atoms with Gasteiger partial charge in [0.2, 0.25) is 5.91 Å². The van der Waals surface area contributed by atoms with Crippen molar-refractivity contribution in [1.82, 2.24) is 9.55 Å². The second-order valence-corrected chi connectivity index (χ2v) is 14.9. The Balaban J connectivity index is 1.33. The molecule has 242 valence electrons. The second-order valence-electron chi connectivity index (χ2n) is 11.7. The van der Waals surface area contributed by atoms with Crippen LogP contribution in [-0.2, 0) is 22.4 Å². The smallest absolute Gasteiger partial charge is 0.341 e. The highest BCUT2D eigenvalue weighted by atomic mass is 32.2. The molecule has 1 amide bonds. The van der Waals surface area contributed by atoms with Crippen LogP contribution in [0.2, 0.25) is 0 Å². The summed E-state index contributed by atoms with van der Waals surface area (Å²) in [6, 6.07) is 30.7. The molecule has 10 heteroatoms. The predicted octanol–water partition coefficient (Wildman–Crippen LogP) is 8.95. The molecule has 1 aliphatic carbocycles. The summed E-state index contributed by atoms with van der Waals surface area (Å²) in [6.07, 6.45) is 2.61. The average Bonchev–Trinajstić information content (AvgIpc) is 3.70. The standard InChI is InChI=1S/C38H33N3O4S3/c1-3-45-37(44)31-27-20-19-23(2)21-30(27)47-35(31)39-33(42)32(25-15-9-5-10-16-25)48-38-40-34-28(22-29(46-34)24-13-7-4-8-14-24)36(43)41(38)26-17-11-6-12-18-26/h4-18,22-23,32H,3,19-21H2,1-2H3,(H,39,42)/t23-,32+/m1/s1. The number of nitrogens with one attached hydrogen (secondary N) is 1. The number of benzene rings is 3. The maximum absolute atomic E-state index is 14.4. The van der Waals surface area contributed by atoms with Gasteiger partial charge in [-0.15, -0.1) is 22.7 Å². The van der Waals surface area contributed by atoms with Gasteiger partial charge in [0, 0.05) is 9.75 Å². The van der Waals surface area contributed by atoms with Crippen molar-refractivity contribution in [2.75, 3.05) is 11.9 Å². The molecular formula is C38H33N3O4S3. The Hall–Kier alpha value is -4.51. The predicted molar refractivity (Wildman–Crippen MR) is 196 cm³/mol. The number of carbonyl (C=O) groups is 2. The SMILES string of the molecule is CCOC(=O)c1c(NC(=O)[C@@H](Sc2nc3sc(-c4ccccc4)cc3c(=O)n2-c2ccccc2)c2ccccc2)sc2c1CC[C@@H](C)C2. The Morgan fingerprint density at radius 2 is 1.69 bits per heavy atom. The summed E-state index contributed by atoms with van der Waals surface area (Å²) in [5.41, 5.74) is 3.65. The van der Waals surface area contributed by atoms with Crippen molar-refractivity contribution in [1.29, 1.82) is 0 Å². The van der Waals surface area contributed by atoms with Gasteiger partial charge in [-0.3, -0.25) is 14.2 Å². The van der Waals surface area contributed by atoms with E-state index in [9.17, 15) is 14.4 Å². The zero-order valence-corrected chi connectivity index (χ0v) is 28.9. The molecule has 0 unspecified atom stereocenters. The van der Waals surface area contributed by atoms with Crippen molar-refractivity contribution < 1.29 is 14.3 Å². The van der Waals surface area contributed by atoms with Crippen LogP contribution in [0, 0.1) is 5.92 Å². The molecule has 7 nitrogen and oxygen atoms in total. The Morgan fingerprint density at radius 1 is 1.00 bits per heavy atom. The van der Waals surface area contributed by atoms with Crippen molar-refractivity contribution in [2.24, 2.45) is 5.92 Å². The van der Waals surface area contributed by atoms with E-state index < -0.39 is 11.2 Å².